The van der Waals surface area contributed by atoms with Gasteiger partial charge in [0.15, 0.2) is 0 Å². The van der Waals surface area contributed by atoms with Crippen LogP contribution < -0.4 is 5.32 Å². The number of aromatic carboxylic acids is 1. The van der Waals surface area contributed by atoms with Crippen molar-refractivity contribution in [1.82, 2.24) is 5.32 Å². The van der Waals surface area contributed by atoms with E-state index in [0.717, 1.165) is 16.9 Å². The molecular formula is C11H15NO4S. The highest BCUT2D eigenvalue weighted by Gasteiger charge is 2.16. The molecule has 0 atom stereocenters. The molecule has 1 amide bonds. The molecule has 0 spiro atoms. The van der Waals surface area contributed by atoms with E-state index in [2.05, 4.69) is 5.32 Å². The molecule has 5 nitrogen and oxygen atoms in total. The van der Waals surface area contributed by atoms with Gasteiger partial charge in [-0.2, -0.15) is 0 Å². The first-order valence-corrected chi connectivity index (χ1v) is 5.93. The lowest BCUT2D eigenvalue weighted by Crippen LogP contribution is -2.32. The Balaban J connectivity index is 2.45. The lowest BCUT2D eigenvalue weighted by molar-refractivity contribution is 0.0523. The fraction of sp³-hybridized carbons (Fsp3) is 0.455. The van der Waals surface area contributed by atoms with E-state index in [1.807, 2.05) is 0 Å². The van der Waals surface area contributed by atoms with Crippen molar-refractivity contribution in [1.29, 1.82) is 0 Å². The summed E-state index contributed by atoms with van der Waals surface area (Å²) in [5, 5.41) is 13.0. The van der Waals surface area contributed by atoms with Gasteiger partial charge in [0.25, 0.3) is 0 Å². The van der Waals surface area contributed by atoms with Gasteiger partial charge in [-0.1, -0.05) is 0 Å². The second-order valence-electron chi connectivity index (χ2n) is 4.48. The number of alkyl carbamates (subject to hydrolysis) is 1. The van der Waals surface area contributed by atoms with Gasteiger partial charge in [-0.15, -0.1) is 11.3 Å². The minimum absolute atomic E-state index is 0.256. The van der Waals surface area contributed by atoms with Crippen LogP contribution in [0.4, 0.5) is 4.79 Å². The lowest BCUT2D eigenvalue weighted by atomic mass is 10.2. The third kappa shape index (κ3) is 4.86. The number of thiophene rings is 1. The third-order valence-electron chi connectivity index (χ3n) is 1.70. The number of carbonyl (C=O) groups is 2. The van der Waals surface area contributed by atoms with Crippen molar-refractivity contribution in [3.8, 4) is 0 Å². The zero-order valence-corrected chi connectivity index (χ0v) is 10.8. The zero-order chi connectivity index (χ0) is 13.1. The number of hydrogen-bond donors (Lipinski definition) is 2. The molecule has 0 saturated carbocycles. The molecule has 0 aliphatic carbocycles. The van der Waals surface area contributed by atoms with Crippen molar-refractivity contribution in [2.75, 3.05) is 0 Å². The van der Waals surface area contributed by atoms with Crippen LogP contribution in [0.3, 0.4) is 0 Å². The molecule has 0 aliphatic rings. The molecule has 0 bridgehead atoms. The van der Waals surface area contributed by atoms with Crippen molar-refractivity contribution in [3.63, 3.8) is 0 Å². The maximum Gasteiger partial charge on any atom is 0.407 e. The van der Waals surface area contributed by atoms with E-state index in [4.69, 9.17) is 9.84 Å². The first kappa shape index (κ1) is 13.5. The Morgan fingerprint density at radius 2 is 2.12 bits per heavy atom. The number of amides is 1. The van der Waals surface area contributed by atoms with Gasteiger partial charge >= 0.3 is 12.1 Å². The van der Waals surface area contributed by atoms with Crippen LogP contribution in [0.2, 0.25) is 0 Å². The van der Waals surface area contributed by atoms with Gasteiger partial charge in [0.05, 0.1) is 0 Å². The van der Waals surface area contributed by atoms with Gasteiger partial charge in [0.2, 0.25) is 0 Å². The van der Waals surface area contributed by atoms with E-state index in [1.54, 1.807) is 26.2 Å². The summed E-state index contributed by atoms with van der Waals surface area (Å²) >= 11 is 1.13. The summed E-state index contributed by atoms with van der Waals surface area (Å²) in [7, 11) is 0. The molecule has 0 aliphatic heterocycles. The molecule has 0 aromatic carbocycles. The molecule has 94 valence electrons. The second-order valence-corrected chi connectivity index (χ2v) is 5.39. The van der Waals surface area contributed by atoms with Gasteiger partial charge in [-0.25, -0.2) is 9.59 Å². The van der Waals surface area contributed by atoms with E-state index < -0.39 is 17.7 Å². The first-order valence-electron chi connectivity index (χ1n) is 5.05. The Labute approximate surface area is 103 Å². The average Bonchev–Trinajstić information content (AvgIpc) is 2.60. The van der Waals surface area contributed by atoms with Crippen LogP contribution in [0.5, 0.6) is 0 Å². The van der Waals surface area contributed by atoms with Crippen molar-refractivity contribution < 1.29 is 19.4 Å². The largest absolute Gasteiger partial charge is 0.477 e. The number of nitrogens with one attached hydrogen (secondary N) is 1. The lowest BCUT2D eigenvalue weighted by Gasteiger charge is -2.19. The molecule has 1 heterocycles. The average molecular weight is 257 g/mol. The van der Waals surface area contributed by atoms with Crippen LogP contribution in [0.1, 0.15) is 36.0 Å². The predicted molar refractivity (Wildman–Crippen MR) is 64.4 cm³/mol. The van der Waals surface area contributed by atoms with Crippen LogP contribution in [-0.2, 0) is 11.3 Å². The first-order chi connectivity index (χ1) is 7.78. The smallest absolute Gasteiger partial charge is 0.407 e. The number of rotatable bonds is 3. The topological polar surface area (TPSA) is 75.6 Å². The fourth-order valence-corrected chi connectivity index (χ4v) is 1.82. The van der Waals surface area contributed by atoms with Crippen molar-refractivity contribution in [2.45, 2.75) is 32.9 Å². The number of carbonyl (C=O) groups excluding carboxylic acids is 1. The maximum absolute atomic E-state index is 11.3. The van der Waals surface area contributed by atoms with Crippen LogP contribution in [-0.4, -0.2) is 22.8 Å². The minimum Gasteiger partial charge on any atom is -0.477 e. The quantitative estimate of drug-likeness (QED) is 0.872. The molecule has 17 heavy (non-hydrogen) atoms. The number of carboxylic acids is 1. The van der Waals surface area contributed by atoms with E-state index in [0.29, 0.717) is 0 Å². The standard InChI is InChI=1S/C11H15NO4S/c1-11(2,3)16-10(15)12-5-7-4-8(9(13)14)17-6-7/h4,6H,5H2,1-3H3,(H,12,15)(H,13,14). The summed E-state index contributed by atoms with van der Waals surface area (Å²) in [5.41, 5.74) is 0.212. The summed E-state index contributed by atoms with van der Waals surface area (Å²) in [6, 6.07) is 1.53. The highest BCUT2D eigenvalue weighted by atomic mass is 32.1. The molecular weight excluding hydrogens is 242 g/mol. The number of carboxylic acid groups (broad SMARTS) is 1. The molecule has 0 saturated heterocycles. The SMILES string of the molecule is CC(C)(C)OC(=O)NCc1csc(C(=O)O)c1. The van der Waals surface area contributed by atoms with Gasteiger partial charge in [-0.3, -0.25) is 0 Å². The number of hydrogen-bond acceptors (Lipinski definition) is 4. The summed E-state index contributed by atoms with van der Waals surface area (Å²) in [6.45, 7) is 5.60. The molecule has 0 fully saturated rings. The Kier molecular flexibility index (Phi) is 4.11. The van der Waals surface area contributed by atoms with Crippen LogP contribution in [0.25, 0.3) is 0 Å². The fourth-order valence-electron chi connectivity index (χ4n) is 1.07. The molecule has 0 unspecified atom stereocenters. The van der Waals surface area contributed by atoms with E-state index >= 15 is 0 Å². The normalized spacial score (nSPS) is 11.0. The maximum atomic E-state index is 11.3. The van der Waals surface area contributed by atoms with Gasteiger partial charge in [0.1, 0.15) is 10.5 Å². The molecule has 1 rings (SSSR count). The van der Waals surface area contributed by atoms with Crippen LogP contribution in [0.15, 0.2) is 11.4 Å². The second kappa shape index (κ2) is 5.18. The molecule has 2 N–H and O–H groups in total. The summed E-state index contributed by atoms with van der Waals surface area (Å²) < 4.78 is 5.05. The molecule has 6 heteroatoms. The predicted octanol–water partition coefficient (Wildman–Crippen LogP) is 2.47. The van der Waals surface area contributed by atoms with Crippen LogP contribution >= 0.6 is 11.3 Å². The highest BCUT2D eigenvalue weighted by Crippen LogP contribution is 2.14. The van der Waals surface area contributed by atoms with Gasteiger partial charge < -0.3 is 15.2 Å². The Morgan fingerprint density at radius 1 is 1.47 bits per heavy atom. The third-order valence-corrected chi connectivity index (χ3v) is 2.67. The minimum atomic E-state index is -0.960. The number of ether oxygens (including phenoxy) is 1. The Bertz CT molecular complexity index is 419. The summed E-state index contributed by atoms with van der Waals surface area (Å²) in [4.78, 5) is 22.2. The molecule has 1 aromatic heterocycles. The van der Waals surface area contributed by atoms with Gasteiger partial charge in [0, 0.05) is 6.54 Å². The van der Waals surface area contributed by atoms with Crippen molar-refractivity contribution in [2.24, 2.45) is 0 Å². The Morgan fingerprint density at radius 3 is 2.59 bits per heavy atom. The summed E-state index contributed by atoms with van der Waals surface area (Å²) in [6.07, 6.45) is -0.513. The molecule has 0 radical (unpaired) electrons. The van der Waals surface area contributed by atoms with E-state index in [9.17, 15) is 9.59 Å². The monoisotopic (exact) mass is 257 g/mol. The summed E-state index contributed by atoms with van der Waals surface area (Å²) in [5.74, 6) is -0.960. The van der Waals surface area contributed by atoms with Crippen LogP contribution in [0, 0.1) is 0 Å². The van der Waals surface area contributed by atoms with Crippen molar-refractivity contribution in [3.05, 3.63) is 21.9 Å². The van der Waals surface area contributed by atoms with E-state index in [-0.39, 0.29) is 11.4 Å². The zero-order valence-electron chi connectivity index (χ0n) is 9.94. The Hall–Kier alpha value is -1.56. The highest BCUT2D eigenvalue weighted by molar-refractivity contribution is 7.12. The van der Waals surface area contributed by atoms with Crippen molar-refractivity contribution >= 4 is 23.4 Å². The molecule has 1 aromatic rings. The van der Waals surface area contributed by atoms with Gasteiger partial charge in [-0.05, 0) is 37.8 Å². The van der Waals surface area contributed by atoms with E-state index in [1.165, 1.54) is 6.07 Å².